The number of nitrogens with one attached hydrogen (secondary N) is 2. The quantitative estimate of drug-likeness (QED) is 0.445. The van der Waals surface area contributed by atoms with Gasteiger partial charge in [0.1, 0.15) is 12.1 Å². The minimum atomic E-state index is -1.15. The summed E-state index contributed by atoms with van der Waals surface area (Å²) in [4.78, 5) is 36.7. The van der Waals surface area contributed by atoms with E-state index in [2.05, 4.69) is 34.9 Å². The Morgan fingerprint density at radius 2 is 1.62 bits per heavy atom. The Kier molecular flexibility index (Phi) is 8.31. The van der Waals surface area contributed by atoms with Crippen molar-refractivity contribution in [3.63, 3.8) is 0 Å². The van der Waals surface area contributed by atoms with Gasteiger partial charge in [-0.05, 0) is 41.5 Å². The van der Waals surface area contributed by atoms with Gasteiger partial charge in [0.05, 0.1) is 0 Å². The molecule has 0 saturated heterocycles. The summed E-state index contributed by atoms with van der Waals surface area (Å²) in [5, 5.41) is 14.6. The first-order chi connectivity index (χ1) is 16.3. The summed E-state index contributed by atoms with van der Waals surface area (Å²) < 4.78 is 5.62. The fraction of sp³-hybridized carbons (Fsp3) is 0.444. The number of carboxylic acid groups (broad SMARTS) is 1. The zero-order chi connectivity index (χ0) is 24.7. The van der Waals surface area contributed by atoms with Gasteiger partial charge in [0.15, 0.2) is 0 Å². The Bertz CT molecular complexity index is 992. The van der Waals surface area contributed by atoms with Gasteiger partial charge in [-0.15, -0.1) is 0 Å². The third kappa shape index (κ3) is 5.76. The van der Waals surface area contributed by atoms with Gasteiger partial charge in [-0.3, -0.25) is 9.59 Å². The van der Waals surface area contributed by atoms with Crippen molar-refractivity contribution >= 4 is 18.0 Å². The highest BCUT2D eigenvalue weighted by Gasteiger charge is 2.36. The van der Waals surface area contributed by atoms with Crippen LogP contribution in [0.4, 0.5) is 4.79 Å². The van der Waals surface area contributed by atoms with Gasteiger partial charge in [-0.1, -0.05) is 75.2 Å². The molecule has 2 aromatic rings. The minimum Gasteiger partial charge on any atom is -0.481 e. The van der Waals surface area contributed by atoms with E-state index in [4.69, 9.17) is 9.84 Å². The molecule has 1 aliphatic rings. The highest BCUT2D eigenvalue weighted by atomic mass is 16.5. The van der Waals surface area contributed by atoms with E-state index >= 15 is 0 Å². The van der Waals surface area contributed by atoms with Crippen LogP contribution in [0.1, 0.15) is 63.5 Å². The predicted molar refractivity (Wildman–Crippen MR) is 131 cm³/mol. The normalized spacial score (nSPS) is 14.9. The van der Waals surface area contributed by atoms with E-state index < -0.39 is 17.6 Å². The van der Waals surface area contributed by atoms with Crippen LogP contribution in [0.15, 0.2) is 48.5 Å². The molecule has 34 heavy (non-hydrogen) atoms. The Morgan fingerprint density at radius 3 is 2.15 bits per heavy atom. The van der Waals surface area contributed by atoms with Crippen molar-refractivity contribution in [2.75, 3.05) is 13.2 Å². The molecule has 0 aromatic heterocycles. The largest absolute Gasteiger partial charge is 0.481 e. The zero-order valence-electron chi connectivity index (χ0n) is 20.1. The van der Waals surface area contributed by atoms with E-state index in [9.17, 15) is 14.4 Å². The van der Waals surface area contributed by atoms with Crippen LogP contribution in [0.3, 0.4) is 0 Å². The van der Waals surface area contributed by atoms with Crippen molar-refractivity contribution < 1.29 is 24.2 Å². The molecular formula is C27H34N2O5. The summed E-state index contributed by atoms with van der Waals surface area (Å²) in [6.07, 6.45) is 1.09. The summed E-state index contributed by atoms with van der Waals surface area (Å²) in [5.41, 5.74) is 3.38. The lowest BCUT2D eigenvalue weighted by Crippen LogP contribution is -2.57. The van der Waals surface area contributed by atoms with Crippen molar-refractivity contribution in [3.05, 3.63) is 59.7 Å². The van der Waals surface area contributed by atoms with Gasteiger partial charge in [0.25, 0.3) is 0 Å². The summed E-state index contributed by atoms with van der Waals surface area (Å²) in [5.74, 6) is -1.46. The maximum absolute atomic E-state index is 13.0. The molecule has 2 aromatic carbocycles. The van der Waals surface area contributed by atoms with E-state index in [1.54, 1.807) is 6.92 Å². The van der Waals surface area contributed by atoms with Crippen LogP contribution in [0.25, 0.3) is 11.1 Å². The van der Waals surface area contributed by atoms with Crippen LogP contribution in [-0.4, -0.2) is 41.8 Å². The van der Waals surface area contributed by atoms with Crippen molar-refractivity contribution in [3.8, 4) is 11.1 Å². The molecule has 3 rings (SSSR count). The second-order valence-electron chi connectivity index (χ2n) is 9.11. The van der Waals surface area contributed by atoms with Gasteiger partial charge in [0, 0.05) is 18.9 Å². The number of hydrogen-bond acceptors (Lipinski definition) is 4. The summed E-state index contributed by atoms with van der Waals surface area (Å²) in [6, 6.07) is 16.2. The lowest BCUT2D eigenvalue weighted by molar-refractivity contribution is -0.138. The van der Waals surface area contributed by atoms with Crippen LogP contribution in [-0.2, 0) is 14.3 Å². The first-order valence-corrected chi connectivity index (χ1v) is 11.9. The van der Waals surface area contributed by atoms with E-state index in [-0.39, 0.29) is 37.3 Å². The molecule has 2 atom stereocenters. The molecule has 182 valence electrons. The standard InChI is InChI=1S/C27H34N2O5/c1-4-14-27(3,25(32)28-16-18(5-2)15-24(30)31)29-26(33)34-17-23-21-12-8-6-10-19(21)20-11-7-9-13-22(20)23/h6-13,18,23H,4-5,14-17H2,1-3H3,(H,28,32)(H,29,33)(H,30,31). The van der Waals surface area contributed by atoms with E-state index in [0.717, 1.165) is 22.3 Å². The highest BCUT2D eigenvalue weighted by molar-refractivity contribution is 5.89. The zero-order valence-corrected chi connectivity index (χ0v) is 20.1. The third-order valence-corrected chi connectivity index (χ3v) is 6.56. The first-order valence-electron chi connectivity index (χ1n) is 11.9. The number of ether oxygens (including phenoxy) is 1. The average molecular weight is 467 g/mol. The predicted octanol–water partition coefficient (Wildman–Crippen LogP) is 4.70. The maximum atomic E-state index is 13.0. The van der Waals surface area contributed by atoms with Crippen LogP contribution in [0.2, 0.25) is 0 Å². The molecule has 2 amide bonds. The van der Waals surface area contributed by atoms with Crippen molar-refractivity contribution in [2.45, 2.75) is 57.9 Å². The molecule has 0 fully saturated rings. The fourth-order valence-electron chi connectivity index (χ4n) is 4.63. The number of amides is 2. The number of hydrogen-bond donors (Lipinski definition) is 3. The molecule has 0 saturated carbocycles. The molecule has 7 nitrogen and oxygen atoms in total. The summed E-state index contributed by atoms with van der Waals surface area (Å²) >= 11 is 0. The molecule has 7 heteroatoms. The number of alkyl carbamates (subject to hydrolysis) is 1. The molecule has 3 N–H and O–H groups in total. The molecule has 1 aliphatic carbocycles. The molecule has 0 spiro atoms. The van der Waals surface area contributed by atoms with E-state index in [1.807, 2.05) is 38.1 Å². The SMILES string of the molecule is CCCC(C)(NC(=O)OCC1c2ccccc2-c2ccccc21)C(=O)NCC(CC)CC(=O)O. The van der Waals surface area contributed by atoms with Crippen molar-refractivity contribution in [1.82, 2.24) is 10.6 Å². The van der Waals surface area contributed by atoms with Gasteiger partial charge >= 0.3 is 12.1 Å². The van der Waals surface area contributed by atoms with E-state index in [0.29, 0.717) is 19.3 Å². The van der Waals surface area contributed by atoms with Crippen LogP contribution >= 0.6 is 0 Å². The van der Waals surface area contributed by atoms with Crippen molar-refractivity contribution in [1.29, 1.82) is 0 Å². The van der Waals surface area contributed by atoms with Gasteiger partial charge in [-0.2, -0.15) is 0 Å². The van der Waals surface area contributed by atoms with Crippen LogP contribution < -0.4 is 10.6 Å². The summed E-state index contributed by atoms with van der Waals surface area (Å²) in [7, 11) is 0. The number of carbonyl (C=O) groups excluding carboxylic acids is 2. The lowest BCUT2D eigenvalue weighted by Gasteiger charge is -2.30. The number of fused-ring (bicyclic) bond motifs is 3. The maximum Gasteiger partial charge on any atom is 0.408 e. The van der Waals surface area contributed by atoms with Gasteiger partial charge in [0.2, 0.25) is 5.91 Å². The second kappa shape index (κ2) is 11.2. The molecular weight excluding hydrogens is 432 g/mol. The van der Waals surface area contributed by atoms with E-state index in [1.165, 1.54) is 0 Å². The second-order valence-corrected chi connectivity index (χ2v) is 9.11. The number of aliphatic carboxylic acids is 1. The third-order valence-electron chi connectivity index (χ3n) is 6.56. The Morgan fingerprint density at radius 1 is 1.03 bits per heavy atom. The molecule has 0 bridgehead atoms. The summed E-state index contributed by atoms with van der Waals surface area (Å²) in [6.45, 7) is 5.91. The monoisotopic (exact) mass is 466 g/mol. The Labute approximate surface area is 200 Å². The van der Waals surface area contributed by atoms with Gasteiger partial charge in [-0.25, -0.2) is 4.79 Å². The molecule has 0 aliphatic heterocycles. The fourth-order valence-corrected chi connectivity index (χ4v) is 4.63. The Hall–Kier alpha value is -3.35. The van der Waals surface area contributed by atoms with Crippen molar-refractivity contribution in [2.24, 2.45) is 5.92 Å². The molecule has 0 radical (unpaired) electrons. The number of benzene rings is 2. The number of carbonyl (C=O) groups is 3. The lowest BCUT2D eigenvalue weighted by atomic mass is 9.94. The topological polar surface area (TPSA) is 105 Å². The Balaban J connectivity index is 1.64. The number of carboxylic acids is 1. The number of rotatable bonds is 11. The first kappa shape index (κ1) is 25.3. The van der Waals surface area contributed by atoms with Crippen LogP contribution in [0, 0.1) is 5.92 Å². The van der Waals surface area contributed by atoms with Gasteiger partial charge < -0.3 is 20.5 Å². The molecule has 2 unspecified atom stereocenters. The average Bonchev–Trinajstić information content (AvgIpc) is 3.13. The highest BCUT2D eigenvalue weighted by Crippen LogP contribution is 2.44. The molecule has 0 heterocycles. The minimum absolute atomic E-state index is 0.0128. The smallest absolute Gasteiger partial charge is 0.408 e. The van der Waals surface area contributed by atoms with Crippen LogP contribution in [0.5, 0.6) is 0 Å².